The van der Waals surface area contributed by atoms with E-state index in [0.29, 0.717) is 5.56 Å². The van der Waals surface area contributed by atoms with Crippen LogP contribution in [0.3, 0.4) is 0 Å². The highest BCUT2D eigenvalue weighted by Crippen LogP contribution is 2.28. The van der Waals surface area contributed by atoms with Gasteiger partial charge in [-0.15, -0.1) is 0 Å². The minimum absolute atomic E-state index is 0.155. The molecule has 2 heterocycles. The van der Waals surface area contributed by atoms with Crippen molar-refractivity contribution in [3.8, 4) is 11.3 Å². The molecule has 0 bridgehead atoms. The Bertz CT molecular complexity index is 1320. The van der Waals surface area contributed by atoms with Gasteiger partial charge in [0.2, 0.25) is 0 Å². The van der Waals surface area contributed by atoms with Gasteiger partial charge in [0.15, 0.2) is 0 Å². The Hall–Kier alpha value is -3.93. The number of rotatable bonds is 3. The number of fused-ring (bicyclic) bond motifs is 2. The molecule has 6 nitrogen and oxygen atoms in total. The van der Waals surface area contributed by atoms with Crippen LogP contribution in [-0.2, 0) is 0 Å². The summed E-state index contributed by atoms with van der Waals surface area (Å²) in [4.78, 5) is 12.9. The number of hydrogen-bond donors (Lipinski definition) is 3. The molecule has 0 aliphatic carbocycles. The zero-order chi connectivity index (χ0) is 19.1. The highest BCUT2D eigenvalue weighted by molar-refractivity contribution is 6.08. The third-order valence-electron chi connectivity index (χ3n) is 4.90. The number of benzene rings is 3. The summed E-state index contributed by atoms with van der Waals surface area (Å²) in [5, 5.41) is 19.4. The second kappa shape index (κ2) is 6.35. The van der Waals surface area contributed by atoms with Crippen LogP contribution in [0.15, 0.2) is 66.9 Å². The Kier molecular flexibility index (Phi) is 3.69. The largest absolute Gasteiger partial charge is 0.322 e. The lowest BCUT2D eigenvalue weighted by molar-refractivity contribution is 0.102. The van der Waals surface area contributed by atoms with Gasteiger partial charge in [-0.05, 0) is 42.8 Å². The molecule has 6 heteroatoms. The monoisotopic (exact) mass is 367 g/mol. The number of H-pyrrole nitrogens is 2. The molecule has 136 valence electrons. The predicted octanol–water partition coefficient (Wildman–Crippen LogP) is 4.67. The normalized spacial score (nSPS) is 11.2. The second-order valence-electron chi connectivity index (χ2n) is 6.78. The summed E-state index contributed by atoms with van der Waals surface area (Å²) in [6, 6.07) is 19.5. The summed E-state index contributed by atoms with van der Waals surface area (Å²) >= 11 is 0. The van der Waals surface area contributed by atoms with Crippen LogP contribution >= 0.6 is 0 Å². The van der Waals surface area contributed by atoms with Crippen molar-refractivity contribution in [3.05, 3.63) is 78.0 Å². The van der Waals surface area contributed by atoms with Crippen molar-refractivity contribution in [2.24, 2.45) is 0 Å². The molecular formula is C22H17N5O. The molecule has 0 radical (unpaired) electrons. The highest BCUT2D eigenvalue weighted by atomic mass is 16.1. The fraction of sp³-hybridized carbons (Fsp3) is 0.0455. The lowest BCUT2D eigenvalue weighted by Gasteiger charge is -2.08. The number of anilines is 1. The molecule has 0 saturated heterocycles. The van der Waals surface area contributed by atoms with Gasteiger partial charge in [-0.1, -0.05) is 30.3 Å². The van der Waals surface area contributed by atoms with Crippen LogP contribution in [0.2, 0.25) is 0 Å². The molecule has 0 saturated carbocycles. The molecule has 3 aromatic carbocycles. The van der Waals surface area contributed by atoms with E-state index in [2.05, 4.69) is 25.7 Å². The highest BCUT2D eigenvalue weighted by Gasteiger charge is 2.13. The van der Waals surface area contributed by atoms with E-state index in [1.54, 1.807) is 6.20 Å². The number of nitrogens with zero attached hydrogens (tertiary/aromatic N) is 2. The Morgan fingerprint density at radius 3 is 2.68 bits per heavy atom. The number of carbonyl (C=O) groups is 1. The van der Waals surface area contributed by atoms with Crippen molar-refractivity contribution in [1.29, 1.82) is 0 Å². The van der Waals surface area contributed by atoms with E-state index in [-0.39, 0.29) is 5.91 Å². The molecular weight excluding hydrogens is 350 g/mol. The average molecular weight is 367 g/mol. The van der Waals surface area contributed by atoms with Crippen molar-refractivity contribution in [1.82, 2.24) is 20.4 Å². The van der Waals surface area contributed by atoms with E-state index < -0.39 is 0 Å². The summed E-state index contributed by atoms with van der Waals surface area (Å²) in [6.45, 7) is 1.92. The van der Waals surface area contributed by atoms with Crippen molar-refractivity contribution in [3.63, 3.8) is 0 Å². The van der Waals surface area contributed by atoms with Gasteiger partial charge in [0.05, 0.1) is 22.9 Å². The molecule has 3 N–H and O–H groups in total. The zero-order valence-corrected chi connectivity index (χ0v) is 15.2. The Balaban J connectivity index is 1.50. The smallest absolute Gasteiger partial charge is 0.256 e. The minimum Gasteiger partial charge on any atom is -0.322 e. The lowest BCUT2D eigenvalue weighted by atomic mass is 10.0. The molecule has 2 aromatic heterocycles. The maximum Gasteiger partial charge on any atom is 0.256 e. The van der Waals surface area contributed by atoms with E-state index in [1.807, 2.05) is 67.6 Å². The number of nitrogens with one attached hydrogen (secondary N) is 3. The van der Waals surface area contributed by atoms with Crippen molar-refractivity contribution in [2.75, 3.05) is 5.32 Å². The summed E-state index contributed by atoms with van der Waals surface area (Å²) in [6.07, 6.45) is 1.75. The fourth-order valence-electron chi connectivity index (χ4n) is 3.46. The molecule has 0 unspecified atom stereocenters. The van der Waals surface area contributed by atoms with E-state index >= 15 is 0 Å². The van der Waals surface area contributed by atoms with Gasteiger partial charge in [-0.25, -0.2) is 0 Å². The fourth-order valence-corrected chi connectivity index (χ4v) is 3.46. The van der Waals surface area contributed by atoms with Gasteiger partial charge >= 0.3 is 0 Å². The zero-order valence-electron chi connectivity index (χ0n) is 15.2. The number of carbonyl (C=O) groups excluding carboxylic acids is 1. The van der Waals surface area contributed by atoms with E-state index in [0.717, 1.165) is 44.3 Å². The van der Waals surface area contributed by atoms with Gasteiger partial charge in [-0.3, -0.25) is 15.0 Å². The van der Waals surface area contributed by atoms with Crippen LogP contribution in [0.1, 0.15) is 15.9 Å². The van der Waals surface area contributed by atoms with Crippen LogP contribution in [0.5, 0.6) is 0 Å². The first kappa shape index (κ1) is 16.3. The SMILES string of the molecule is Cc1cc2cn[nH]c2cc1C(=O)Nc1ccc2[nH]nc(-c3ccccc3)c2c1. The Morgan fingerprint density at radius 1 is 0.964 bits per heavy atom. The van der Waals surface area contributed by atoms with Crippen LogP contribution in [0.4, 0.5) is 5.69 Å². The first-order valence-electron chi connectivity index (χ1n) is 8.98. The van der Waals surface area contributed by atoms with Crippen molar-refractivity contribution >= 4 is 33.4 Å². The molecule has 0 spiro atoms. The first-order valence-corrected chi connectivity index (χ1v) is 8.98. The summed E-state index contributed by atoms with van der Waals surface area (Å²) in [5.41, 5.74) is 5.90. The van der Waals surface area contributed by atoms with Gasteiger partial charge in [-0.2, -0.15) is 10.2 Å². The maximum atomic E-state index is 12.9. The molecule has 5 rings (SSSR count). The number of aromatic nitrogens is 4. The summed E-state index contributed by atoms with van der Waals surface area (Å²) < 4.78 is 0. The average Bonchev–Trinajstić information content (AvgIpc) is 3.34. The standard InChI is InChI=1S/C22H17N5O/c1-13-9-15-12-23-25-20(15)11-17(13)22(28)24-16-7-8-19-18(10-16)21(27-26-19)14-5-3-2-4-6-14/h2-12H,1H3,(H,23,25)(H,24,28)(H,26,27). The van der Waals surface area contributed by atoms with E-state index in [1.165, 1.54) is 0 Å². The maximum absolute atomic E-state index is 12.9. The minimum atomic E-state index is -0.155. The van der Waals surface area contributed by atoms with Crippen LogP contribution in [0, 0.1) is 6.92 Å². The third kappa shape index (κ3) is 2.72. The number of aryl methyl sites for hydroxylation is 1. The van der Waals surface area contributed by atoms with Crippen LogP contribution in [-0.4, -0.2) is 26.3 Å². The van der Waals surface area contributed by atoms with Crippen molar-refractivity contribution in [2.45, 2.75) is 6.92 Å². The molecule has 0 fully saturated rings. The quantitative estimate of drug-likeness (QED) is 0.433. The number of amides is 1. The molecule has 0 aliphatic heterocycles. The lowest BCUT2D eigenvalue weighted by Crippen LogP contribution is -2.13. The third-order valence-corrected chi connectivity index (χ3v) is 4.90. The van der Waals surface area contributed by atoms with E-state index in [4.69, 9.17) is 0 Å². The van der Waals surface area contributed by atoms with Gasteiger partial charge in [0.25, 0.3) is 5.91 Å². The molecule has 28 heavy (non-hydrogen) atoms. The van der Waals surface area contributed by atoms with Crippen molar-refractivity contribution < 1.29 is 4.79 Å². The number of aromatic amines is 2. The second-order valence-corrected chi connectivity index (χ2v) is 6.78. The predicted molar refractivity (Wildman–Crippen MR) is 110 cm³/mol. The van der Waals surface area contributed by atoms with Gasteiger partial charge in [0, 0.05) is 27.6 Å². The molecule has 0 aliphatic rings. The first-order chi connectivity index (χ1) is 13.7. The molecule has 1 amide bonds. The van der Waals surface area contributed by atoms with Gasteiger partial charge in [0.1, 0.15) is 0 Å². The number of hydrogen-bond acceptors (Lipinski definition) is 3. The topological polar surface area (TPSA) is 86.5 Å². The molecule has 5 aromatic rings. The summed E-state index contributed by atoms with van der Waals surface area (Å²) in [5.74, 6) is -0.155. The van der Waals surface area contributed by atoms with Gasteiger partial charge < -0.3 is 5.32 Å². The van der Waals surface area contributed by atoms with Crippen LogP contribution in [0.25, 0.3) is 33.1 Å². The Morgan fingerprint density at radius 2 is 1.82 bits per heavy atom. The Labute approximate surface area is 160 Å². The molecule has 0 atom stereocenters. The van der Waals surface area contributed by atoms with E-state index in [9.17, 15) is 4.79 Å². The van der Waals surface area contributed by atoms with Crippen LogP contribution < -0.4 is 5.32 Å². The summed E-state index contributed by atoms with van der Waals surface area (Å²) in [7, 11) is 0.